The van der Waals surface area contributed by atoms with Gasteiger partial charge in [0.1, 0.15) is 0 Å². The van der Waals surface area contributed by atoms with Gasteiger partial charge in [0.25, 0.3) is 0 Å². The Kier molecular flexibility index (Phi) is 4.92. The van der Waals surface area contributed by atoms with Gasteiger partial charge in [0, 0.05) is 0 Å². The monoisotopic (exact) mass is 248 g/mol. The van der Waals surface area contributed by atoms with Gasteiger partial charge < -0.3 is 0 Å². The summed E-state index contributed by atoms with van der Waals surface area (Å²) in [5.41, 5.74) is 0. The summed E-state index contributed by atoms with van der Waals surface area (Å²) in [6.07, 6.45) is 4.27. The summed E-state index contributed by atoms with van der Waals surface area (Å²) >= 11 is 10.2. The molecule has 0 amide bonds. The molecule has 0 aliphatic rings. The molecule has 2 N–H and O–H groups in total. The Balaban J connectivity index is 3.77. The van der Waals surface area contributed by atoms with Gasteiger partial charge >= 0.3 is 86.1 Å². The third kappa shape index (κ3) is 10.3. The average Bonchev–Trinajstić information content (AvgIpc) is 1.82. The second-order valence-corrected chi connectivity index (χ2v) is 8.29. The first-order valence-electron chi connectivity index (χ1n) is 3.36. The molecular formula is C6H11Cl2O4P. The van der Waals surface area contributed by atoms with Crippen LogP contribution in [0.25, 0.3) is 0 Å². The first-order chi connectivity index (χ1) is 5.71. The molecule has 0 bridgehead atoms. The van der Waals surface area contributed by atoms with E-state index in [1.807, 2.05) is 0 Å². The van der Waals surface area contributed by atoms with Crippen LogP contribution in [0.15, 0.2) is 0 Å². The average molecular weight is 249 g/mol. The molecule has 0 rings (SSSR count). The summed E-state index contributed by atoms with van der Waals surface area (Å²) in [7, 11) is 0. The Bertz CT molecular complexity index is 198. The third-order valence-corrected chi connectivity index (χ3v) is 2.08. The van der Waals surface area contributed by atoms with Crippen molar-refractivity contribution in [1.82, 2.24) is 0 Å². The Labute approximate surface area is 86.5 Å². The van der Waals surface area contributed by atoms with Crippen LogP contribution in [0.2, 0.25) is 0 Å². The van der Waals surface area contributed by atoms with Crippen molar-refractivity contribution in [3.8, 4) is 12.3 Å². The van der Waals surface area contributed by atoms with Gasteiger partial charge in [-0.25, -0.2) is 0 Å². The van der Waals surface area contributed by atoms with Gasteiger partial charge in [0.2, 0.25) is 0 Å². The Morgan fingerprint density at radius 3 is 2.46 bits per heavy atom. The van der Waals surface area contributed by atoms with Crippen LogP contribution < -0.4 is 0 Å². The summed E-state index contributed by atoms with van der Waals surface area (Å²) in [6, 6.07) is 0. The summed E-state index contributed by atoms with van der Waals surface area (Å²) in [5.74, 6) is -2.69. The quantitative estimate of drug-likeness (QED) is 0.441. The van der Waals surface area contributed by atoms with Crippen molar-refractivity contribution < 1.29 is 19.0 Å². The van der Waals surface area contributed by atoms with Gasteiger partial charge in [-0.3, -0.25) is 0 Å². The molecule has 0 radical (unpaired) electrons. The summed E-state index contributed by atoms with van der Waals surface area (Å²) in [5, 5.41) is 0. The Morgan fingerprint density at radius 2 is 2.08 bits per heavy atom. The van der Waals surface area contributed by atoms with Gasteiger partial charge in [-0.2, -0.15) is 0 Å². The van der Waals surface area contributed by atoms with Crippen molar-refractivity contribution in [3.05, 3.63) is 0 Å². The van der Waals surface area contributed by atoms with E-state index < -0.39 is 12.1 Å². The fourth-order valence-electron chi connectivity index (χ4n) is 0.611. The molecule has 0 heterocycles. The minimum atomic E-state index is -4.92. The molecule has 0 aromatic heterocycles. The third-order valence-electron chi connectivity index (χ3n) is 0.892. The van der Waals surface area contributed by atoms with E-state index in [9.17, 15) is 0 Å². The van der Waals surface area contributed by atoms with Crippen molar-refractivity contribution in [2.75, 3.05) is 13.2 Å². The molecule has 0 saturated heterocycles. The van der Waals surface area contributed by atoms with E-state index in [4.69, 9.17) is 43.4 Å². The fourth-order valence-corrected chi connectivity index (χ4v) is 2.08. The molecule has 0 aromatic rings. The minimum absolute atomic E-state index is 0.0860. The van der Waals surface area contributed by atoms with Gasteiger partial charge in [-0.15, -0.1) is 0 Å². The molecule has 0 saturated carbocycles. The molecule has 13 heavy (non-hydrogen) atoms. The van der Waals surface area contributed by atoms with Gasteiger partial charge in [0.05, 0.1) is 0 Å². The number of halogens is 2. The molecule has 0 aliphatic heterocycles. The molecule has 0 spiro atoms. The second-order valence-electron chi connectivity index (χ2n) is 2.39. The maximum atomic E-state index is 8.91. The SMILES string of the molecule is C#CCOCC(C)OP(O)(O)(Cl)Cl. The molecule has 0 fully saturated rings. The molecule has 0 aromatic carbocycles. The van der Waals surface area contributed by atoms with Gasteiger partial charge in [0.15, 0.2) is 0 Å². The van der Waals surface area contributed by atoms with E-state index in [2.05, 4.69) is 10.4 Å². The summed E-state index contributed by atoms with van der Waals surface area (Å²) < 4.78 is 9.41. The number of hydrogen-bond acceptors (Lipinski definition) is 4. The van der Waals surface area contributed by atoms with Crippen LogP contribution in [0.3, 0.4) is 0 Å². The van der Waals surface area contributed by atoms with Crippen LogP contribution in [0.4, 0.5) is 0 Å². The number of terminal acetylenes is 1. The Hall–Kier alpha value is 0.410. The molecule has 1 unspecified atom stereocenters. The number of hydrogen-bond donors (Lipinski definition) is 2. The van der Waals surface area contributed by atoms with Gasteiger partial charge in [-0.05, 0) is 0 Å². The van der Waals surface area contributed by atoms with Crippen molar-refractivity contribution in [1.29, 1.82) is 0 Å². The van der Waals surface area contributed by atoms with E-state index in [-0.39, 0.29) is 13.2 Å². The van der Waals surface area contributed by atoms with Crippen LogP contribution in [-0.4, -0.2) is 29.1 Å². The van der Waals surface area contributed by atoms with Crippen LogP contribution in [0.1, 0.15) is 6.92 Å². The predicted molar refractivity (Wildman–Crippen MR) is 53.3 cm³/mol. The van der Waals surface area contributed by atoms with Crippen molar-refractivity contribution >= 4 is 28.5 Å². The van der Waals surface area contributed by atoms with Crippen molar-refractivity contribution in [2.24, 2.45) is 0 Å². The topological polar surface area (TPSA) is 58.9 Å². The first-order valence-corrected chi connectivity index (χ1v) is 7.23. The number of ether oxygens (including phenoxy) is 1. The maximum absolute atomic E-state index is 8.91. The molecule has 78 valence electrons. The zero-order chi connectivity index (χ0) is 10.6. The van der Waals surface area contributed by atoms with Crippen LogP contribution in [-0.2, 0) is 9.26 Å². The zero-order valence-corrected chi connectivity index (χ0v) is 9.39. The predicted octanol–water partition coefficient (Wildman–Crippen LogP) is 1.63. The fraction of sp³-hybridized carbons (Fsp3) is 0.667. The number of rotatable bonds is 5. The molecule has 0 aliphatic carbocycles. The van der Waals surface area contributed by atoms with Crippen LogP contribution >= 0.6 is 28.5 Å². The van der Waals surface area contributed by atoms with E-state index >= 15 is 0 Å². The van der Waals surface area contributed by atoms with E-state index in [0.717, 1.165) is 0 Å². The normalized spacial score (nSPS) is 17.1. The van der Waals surface area contributed by atoms with Crippen LogP contribution in [0.5, 0.6) is 0 Å². The van der Waals surface area contributed by atoms with Crippen molar-refractivity contribution in [3.63, 3.8) is 0 Å². The second kappa shape index (κ2) is 4.77. The van der Waals surface area contributed by atoms with Gasteiger partial charge in [-0.1, -0.05) is 0 Å². The molecule has 4 nitrogen and oxygen atoms in total. The standard InChI is InChI=1S/C6H11Cl2O4P/c1-3-4-11-5-6(2)12-13(7,8,9)10/h1,6,9-10H,4-5H2,2H3. The van der Waals surface area contributed by atoms with E-state index in [1.165, 1.54) is 6.92 Å². The molecule has 7 heteroatoms. The summed E-state index contributed by atoms with van der Waals surface area (Å²) in [6.45, 7) is 1.73. The molecular weight excluding hydrogens is 238 g/mol. The summed E-state index contributed by atoms with van der Waals surface area (Å²) in [4.78, 5) is 17.8. The zero-order valence-electron chi connectivity index (χ0n) is 6.98. The first kappa shape index (κ1) is 13.4. The van der Waals surface area contributed by atoms with E-state index in [0.29, 0.717) is 0 Å². The Morgan fingerprint density at radius 1 is 1.54 bits per heavy atom. The van der Waals surface area contributed by atoms with E-state index in [1.54, 1.807) is 0 Å². The molecule has 1 atom stereocenters. The van der Waals surface area contributed by atoms with Crippen molar-refractivity contribution in [2.45, 2.75) is 13.0 Å². The van der Waals surface area contributed by atoms with Crippen LogP contribution in [0, 0.1) is 12.3 Å².